The van der Waals surface area contributed by atoms with Crippen molar-refractivity contribution in [2.45, 2.75) is 6.54 Å². The number of anilines is 1. The number of rotatable bonds is 5. The maximum atomic E-state index is 6.13. The fourth-order valence-corrected chi connectivity index (χ4v) is 3.96. The predicted octanol–water partition coefficient (Wildman–Crippen LogP) is 6.51. The number of nitrogen functional groups attached to an aromatic ring is 1. The molecule has 0 saturated carbocycles. The molecule has 0 amide bonds. The van der Waals surface area contributed by atoms with Gasteiger partial charge in [-0.3, -0.25) is 0 Å². The van der Waals surface area contributed by atoms with Gasteiger partial charge in [0.1, 0.15) is 5.82 Å². The van der Waals surface area contributed by atoms with Gasteiger partial charge in [0, 0.05) is 28.9 Å². The summed E-state index contributed by atoms with van der Waals surface area (Å²) in [4.78, 5) is 5.17. The van der Waals surface area contributed by atoms with Gasteiger partial charge < -0.3 is 10.3 Å². The summed E-state index contributed by atoms with van der Waals surface area (Å²) < 4.78 is 2.31. The van der Waals surface area contributed by atoms with Gasteiger partial charge in [-0.1, -0.05) is 103 Å². The minimum atomic E-state index is 0.717. The van der Waals surface area contributed by atoms with Gasteiger partial charge >= 0.3 is 0 Å². The summed E-state index contributed by atoms with van der Waals surface area (Å²) in [5.41, 5.74) is 13.4. The second-order valence-corrected chi connectivity index (χ2v) is 7.56. The summed E-state index contributed by atoms with van der Waals surface area (Å²) >= 11 is 0. The molecular formula is C28H23N3. The van der Waals surface area contributed by atoms with Crippen molar-refractivity contribution in [3.8, 4) is 33.9 Å². The van der Waals surface area contributed by atoms with E-state index in [0.717, 1.165) is 46.1 Å². The largest absolute Gasteiger partial charge is 0.399 e. The van der Waals surface area contributed by atoms with Crippen LogP contribution in [0.25, 0.3) is 33.9 Å². The van der Waals surface area contributed by atoms with E-state index in [-0.39, 0.29) is 0 Å². The molecule has 0 bridgehead atoms. The first-order valence-corrected chi connectivity index (χ1v) is 10.4. The second kappa shape index (κ2) is 8.33. The molecule has 3 heteroatoms. The highest BCUT2D eigenvalue weighted by Crippen LogP contribution is 2.37. The molecule has 4 aromatic carbocycles. The average molecular weight is 402 g/mol. The number of aromatic nitrogens is 2. The zero-order valence-corrected chi connectivity index (χ0v) is 17.1. The lowest BCUT2D eigenvalue weighted by Gasteiger charge is -2.14. The first-order chi connectivity index (χ1) is 15.3. The van der Waals surface area contributed by atoms with Crippen molar-refractivity contribution in [3.63, 3.8) is 0 Å². The molecule has 3 nitrogen and oxygen atoms in total. The Morgan fingerprint density at radius 1 is 0.613 bits per heavy atom. The van der Waals surface area contributed by atoms with E-state index in [9.17, 15) is 0 Å². The predicted molar refractivity (Wildman–Crippen MR) is 128 cm³/mol. The molecule has 0 fully saturated rings. The monoisotopic (exact) mass is 401 g/mol. The van der Waals surface area contributed by atoms with Gasteiger partial charge in [-0.05, 0) is 17.7 Å². The maximum Gasteiger partial charge on any atom is 0.141 e. The van der Waals surface area contributed by atoms with Gasteiger partial charge in [0.25, 0.3) is 0 Å². The number of nitrogens with zero attached hydrogens (tertiary/aromatic N) is 2. The maximum absolute atomic E-state index is 6.13. The van der Waals surface area contributed by atoms with Gasteiger partial charge in [0.2, 0.25) is 0 Å². The molecule has 0 aliphatic rings. The van der Waals surface area contributed by atoms with Crippen LogP contribution in [-0.4, -0.2) is 9.55 Å². The van der Waals surface area contributed by atoms with Crippen LogP contribution < -0.4 is 5.73 Å². The molecule has 0 radical (unpaired) electrons. The Bertz CT molecular complexity index is 1290. The molecule has 0 unspecified atom stereocenters. The number of benzene rings is 4. The van der Waals surface area contributed by atoms with E-state index in [1.807, 2.05) is 36.4 Å². The van der Waals surface area contributed by atoms with Crippen LogP contribution in [0.15, 0.2) is 115 Å². The first-order valence-electron chi connectivity index (χ1n) is 10.4. The van der Waals surface area contributed by atoms with Crippen LogP contribution in [0.2, 0.25) is 0 Å². The van der Waals surface area contributed by atoms with Crippen LogP contribution in [-0.2, 0) is 6.54 Å². The molecule has 0 spiro atoms. The SMILES string of the molecule is Nc1cccc(-c2nc(-c3ccccc3)c(-c3ccccc3)n2Cc2ccccc2)c1. The fraction of sp³-hybridized carbons (Fsp3) is 0.0357. The molecule has 0 aliphatic heterocycles. The van der Waals surface area contributed by atoms with Crippen LogP contribution >= 0.6 is 0 Å². The van der Waals surface area contributed by atoms with E-state index in [2.05, 4.69) is 83.4 Å². The van der Waals surface area contributed by atoms with Crippen molar-refractivity contribution < 1.29 is 0 Å². The van der Waals surface area contributed by atoms with E-state index in [4.69, 9.17) is 10.7 Å². The summed E-state index contributed by atoms with van der Waals surface area (Å²) in [5.74, 6) is 0.911. The third-order valence-corrected chi connectivity index (χ3v) is 5.39. The van der Waals surface area contributed by atoms with Crippen LogP contribution in [0.4, 0.5) is 5.69 Å². The van der Waals surface area contributed by atoms with Crippen molar-refractivity contribution in [2.24, 2.45) is 0 Å². The number of imidazole rings is 1. The summed E-state index contributed by atoms with van der Waals surface area (Å²) in [6.45, 7) is 0.717. The highest BCUT2D eigenvalue weighted by atomic mass is 15.1. The second-order valence-electron chi connectivity index (χ2n) is 7.56. The van der Waals surface area contributed by atoms with Crippen molar-refractivity contribution in [1.82, 2.24) is 9.55 Å². The summed E-state index contributed by atoms with van der Waals surface area (Å²) in [6, 6.07) is 39.3. The Kier molecular flexibility index (Phi) is 5.07. The minimum absolute atomic E-state index is 0.717. The van der Waals surface area contributed by atoms with Gasteiger partial charge in [0.05, 0.1) is 11.4 Å². The van der Waals surface area contributed by atoms with Crippen molar-refractivity contribution in [2.75, 3.05) is 5.73 Å². The Morgan fingerprint density at radius 3 is 1.84 bits per heavy atom. The Hall–Kier alpha value is -4.11. The van der Waals surface area contributed by atoms with Gasteiger partial charge in [-0.15, -0.1) is 0 Å². The lowest BCUT2D eigenvalue weighted by Crippen LogP contribution is -2.04. The molecular weight excluding hydrogens is 378 g/mol. The number of hydrogen-bond donors (Lipinski definition) is 1. The van der Waals surface area contributed by atoms with Crippen molar-refractivity contribution >= 4 is 5.69 Å². The van der Waals surface area contributed by atoms with Crippen molar-refractivity contribution in [3.05, 3.63) is 121 Å². The highest BCUT2D eigenvalue weighted by Gasteiger charge is 2.21. The molecule has 150 valence electrons. The van der Waals surface area contributed by atoms with E-state index >= 15 is 0 Å². The lowest BCUT2D eigenvalue weighted by atomic mass is 10.0. The molecule has 5 aromatic rings. The molecule has 1 heterocycles. The quantitative estimate of drug-likeness (QED) is 0.341. The van der Waals surface area contributed by atoms with Gasteiger partial charge in [-0.2, -0.15) is 0 Å². The Labute approximate surface area is 182 Å². The molecule has 0 aliphatic carbocycles. The number of hydrogen-bond acceptors (Lipinski definition) is 2. The average Bonchev–Trinajstić information content (AvgIpc) is 3.20. The standard InChI is InChI=1S/C28H23N3/c29-25-18-10-17-24(19-25)28-30-26(22-13-6-2-7-14-22)27(23-15-8-3-9-16-23)31(28)20-21-11-4-1-5-12-21/h1-19H,20,29H2. The summed E-state index contributed by atoms with van der Waals surface area (Å²) in [5, 5.41) is 0. The van der Waals surface area contributed by atoms with Crippen LogP contribution in [0.1, 0.15) is 5.56 Å². The Morgan fingerprint density at radius 2 is 1.19 bits per heavy atom. The van der Waals surface area contributed by atoms with Gasteiger partial charge in [0.15, 0.2) is 0 Å². The molecule has 31 heavy (non-hydrogen) atoms. The zero-order chi connectivity index (χ0) is 21.0. The van der Waals surface area contributed by atoms with Crippen LogP contribution in [0.5, 0.6) is 0 Å². The number of nitrogens with two attached hydrogens (primary N) is 1. The van der Waals surface area contributed by atoms with E-state index < -0.39 is 0 Å². The highest BCUT2D eigenvalue weighted by molar-refractivity contribution is 5.82. The normalized spacial score (nSPS) is 10.8. The van der Waals surface area contributed by atoms with E-state index in [1.54, 1.807) is 0 Å². The third-order valence-electron chi connectivity index (χ3n) is 5.39. The smallest absolute Gasteiger partial charge is 0.141 e. The molecule has 5 rings (SSSR count). The Balaban J connectivity index is 1.81. The molecule has 0 saturated heterocycles. The molecule has 2 N–H and O–H groups in total. The first kappa shape index (κ1) is 18.9. The lowest BCUT2D eigenvalue weighted by molar-refractivity contribution is 0.814. The summed E-state index contributed by atoms with van der Waals surface area (Å²) in [7, 11) is 0. The third kappa shape index (κ3) is 3.86. The van der Waals surface area contributed by atoms with Gasteiger partial charge in [-0.25, -0.2) is 4.98 Å². The molecule has 1 aromatic heterocycles. The van der Waals surface area contributed by atoms with E-state index in [1.165, 1.54) is 5.56 Å². The van der Waals surface area contributed by atoms with Crippen molar-refractivity contribution in [1.29, 1.82) is 0 Å². The zero-order valence-electron chi connectivity index (χ0n) is 17.1. The summed E-state index contributed by atoms with van der Waals surface area (Å²) in [6.07, 6.45) is 0. The topological polar surface area (TPSA) is 43.8 Å². The van der Waals surface area contributed by atoms with Crippen LogP contribution in [0.3, 0.4) is 0 Å². The van der Waals surface area contributed by atoms with E-state index in [0.29, 0.717) is 0 Å². The molecule has 0 atom stereocenters. The van der Waals surface area contributed by atoms with Crippen LogP contribution in [0, 0.1) is 0 Å². The fourth-order valence-electron chi connectivity index (χ4n) is 3.96. The minimum Gasteiger partial charge on any atom is -0.399 e.